The fourth-order valence-corrected chi connectivity index (χ4v) is 3.97. The van der Waals surface area contributed by atoms with Gasteiger partial charge in [0.05, 0.1) is 11.4 Å². The zero-order valence-corrected chi connectivity index (χ0v) is 19.3. The van der Waals surface area contributed by atoms with E-state index >= 15 is 0 Å². The quantitative estimate of drug-likeness (QED) is 0.389. The fourth-order valence-electron chi connectivity index (χ4n) is 3.97. The number of hydrogen-bond donors (Lipinski definition) is 3. The average Bonchev–Trinajstić information content (AvgIpc) is 3.58. The second kappa shape index (κ2) is 10.1. The second-order valence-electron chi connectivity index (χ2n) is 8.63. The predicted molar refractivity (Wildman–Crippen MR) is 128 cm³/mol. The summed E-state index contributed by atoms with van der Waals surface area (Å²) in [6, 6.07) is 12.4. The van der Waals surface area contributed by atoms with Crippen molar-refractivity contribution in [2.24, 2.45) is 5.92 Å². The van der Waals surface area contributed by atoms with Gasteiger partial charge in [0.1, 0.15) is 11.6 Å². The molecule has 1 aromatic heterocycles. The fraction of sp³-hybridized carbons (Fsp3) is 0.346. The average molecular weight is 465 g/mol. The largest absolute Gasteiger partial charge is 0.507 e. The van der Waals surface area contributed by atoms with E-state index in [0.717, 1.165) is 31.4 Å². The first-order valence-corrected chi connectivity index (χ1v) is 11.7. The number of anilines is 1. The molecule has 0 aliphatic heterocycles. The van der Waals surface area contributed by atoms with Crippen molar-refractivity contribution in [1.82, 2.24) is 15.1 Å². The Labute approximate surface area is 198 Å². The number of amides is 2. The third kappa shape index (κ3) is 5.11. The summed E-state index contributed by atoms with van der Waals surface area (Å²) in [5.41, 5.74) is 2.53. The molecule has 1 fully saturated rings. The Morgan fingerprint density at radius 1 is 1.15 bits per heavy atom. The zero-order valence-electron chi connectivity index (χ0n) is 19.3. The topological polar surface area (TPSA) is 96.2 Å². The standard InChI is InChI=1S/C26H29FN4O3/c1-3-16(4-2)25(33)29-19-11-12-24(32)20(13-19)22-14-23(17-9-10-17)31(30-22)26(34)28-15-18-7-5-6-8-21(18)27/h5-8,11-14,16-17,32H,3-4,9-10,15H2,1-2H3,(H,28,34)(H,29,33). The summed E-state index contributed by atoms with van der Waals surface area (Å²) in [4.78, 5) is 25.4. The first kappa shape index (κ1) is 23.5. The maximum absolute atomic E-state index is 13.9. The van der Waals surface area contributed by atoms with Crippen molar-refractivity contribution in [3.63, 3.8) is 0 Å². The smallest absolute Gasteiger partial charge is 0.342 e. The molecule has 0 radical (unpaired) electrons. The van der Waals surface area contributed by atoms with Crippen LogP contribution in [-0.4, -0.2) is 26.8 Å². The Morgan fingerprint density at radius 2 is 1.88 bits per heavy atom. The minimum atomic E-state index is -0.464. The molecule has 0 atom stereocenters. The monoisotopic (exact) mass is 464 g/mol. The van der Waals surface area contributed by atoms with Gasteiger partial charge in [-0.3, -0.25) is 4.79 Å². The SMILES string of the molecule is CCC(CC)C(=O)Nc1ccc(O)c(-c2cc(C3CC3)n(C(=O)NCc3ccccc3F)n2)c1. The molecule has 4 rings (SSSR count). The number of carbonyl (C=O) groups excluding carboxylic acids is 2. The third-order valence-electron chi connectivity index (χ3n) is 6.21. The summed E-state index contributed by atoms with van der Waals surface area (Å²) >= 11 is 0. The molecule has 3 aromatic rings. The number of benzene rings is 2. The van der Waals surface area contributed by atoms with Gasteiger partial charge in [-0.2, -0.15) is 9.78 Å². The van der Waals surface area contributed by atoms with Crippen molar-refractivity contribution in [2.75, 3.05) is 5.32 Å². The van der Waals surface area contributed by atoms with Crippen LogP contribution in [0.5, 0.6) is 5.75 Å². The second-order valence-corrected chi connectivity index (χ2v) is 8.63. The van der Waals surface area contributed by atoms with Crippen LogP contribution < -0.4 is 10.6 Å². The predicted octanol–water partition coefficient (Wildman–Crippen LogP) is 5.40. The van der Waals surface area contributed by atoms with Crippen molar-refractivity contribution in [3.05, 3.63) is 65.6 Å². The van der Waals surface area contributed by atoms with Gasteiger partial charge in [-0.1, -0.05) is 32.0 Å². The Morgan fingerprint density at radius 3 is 2.56 bits per heavy atom. The Bertz CT molecular complexity index is 1200. The van der Waals surface area contributed by atoms with E-state index in [1.807, 2.05) is 13.8 Å². The molecule has 2 aromatic carbocycles. The van der Waals surface area contributed by atoms with Gasteiger partial charge in [-0.15, -0.1) is 0 Å². The van der Waals surface area contributed by atoms with Gasteiger partial charge in [-0.25, -0.2) is 9.18 Å². The molecule has 0 bridgehead atoms. The number of carbonyl (C=O) groups is 2. The van der Waals surface area contributed by atoms with Crippen molar-refractivity contribution >= 4 is 17.6 Å². The van der Waals surface area contributed by atoms with E-state index in [0.29, 0.717) is 22.5 Å². The summed E-state index contributed by atoms with van der Waals surface area (Å²) in [5, 5.41) is 20.6. The van der Waals surface area contributed by atoms with Gasteiger partial charge >= 0.3 is 6.03 Å². The molecule has 3 N–H and O–H groups in total. The highest BCUT2D eigenvalue weighted by Crippen LogP contribution is 2.42. The van der Waals surface area contributed by atoms with Gasteiger partial charge in [0.2, 0.25) is 5.91 Å². The molecule has 7 nitrogen and oxygen atoms in total. The van der Waals surface area contributed by atoms with Gasteiger partial charge in [0.15, 0.2) is 0 Å². The van der Waals surface area contributed by atoms with Crippen LogP contribution in [0.1, 0.15) is 56.7 Å². The number of phenolic OH excluding ortho intramolecular Hbond substituents is 1. The number of aromatic nitrogens is 2. The van der Waals surface area contributed by atoms with Gasteiger partial charge in [-0.05, 0) is 56.0 Å². The number of aromatic hydroxyl groups is 1. The lowest BCUT2D eigenvalue weighted by molar-refractivity contribution is -0.120. The van der Waals surface area contributed by atoms with Crippen molar-refractivity contribution in [3.8, 4) is 17.0 Å². The molecule has 1 aliphatic rings. The summed E-state index contributed by atoms with van der Waals surface area (Å²) in [6.45, 7) is 3.98. The minimum absolute atomic E-state index is 0.000654. The molecule has 0 spiro atoms. The molecule has 2 amide bonds. The normalized spacial score (nSPS) is 13.2. The zero-order chi connectivity index (χ0) is 24.2. The molecule has 34 heavy (non-hydrogen) atoms. The third-order valence-corrected chi connectivity index (χ3v) is 6.21. The van der Waals surface area contributed by atoms with Crippen LogP contribution in [0.2, 0.25) is 0 Å². The number of hydrogen-bond acceptors (Lipinski definition) is 4. The van der Waals surface area contributed by atoms with E-state index in [9.17, 15) is 19.1 Å². The van der Waals surface area contributed by atoms with Crippen molar-refractivity contribution in [2.45, 2.75) is 52.0 Å². The number of nitrogens with zero attached hydrogens (tertiary/aromatic N) is 2. The molecule has 8 heteroatoms. The Kier molecular flexibility index (Phi) is 6.95. The maximum atomic E-state index is 13.9. The summed E-state index contributed by atoms with van der Waals surface area (Å²) in [6.07, 6.45) is 3.38. The number of nitrogens with one attached hydrogen (secondary N) is 2. The van der Waals surface area contributed by atoms with E-state index in [1.54, 1.807) is 36.4 Å². The lowest BCUT2D eigenvalue weighted by atomic mass is 10.0. The van der Waals surface area contributed by atoms with Crippen LogP contribution in [-0.2, 0) is 11.3 Å². The molecule has 1 aliphatic carbocycles. The Balaban J connectivity index is 1.58. The van der Waals surface area contributed by atoms with E-state index in [1.165, 1.54) is 16.8 Å². The van der Waals surface area contributed by atoms with Crippen LogP contribution in [0.4, 0.5) is 14.9 Å². The van der Waals surface area contributed by atoms with Gasteiger partial charge in [0.25, 0.3) is 0 Å². The number of halogens is 1. The number of phenols is 1. The molecule has 0 saturated heterocycles. The van der Waals surface area contributed by atoms with Crippen LogP contribution in [0.25, 0.3) is 11.3 Å². The molecule has 0 unspecified atom stereocenters. The van der Waals surface area contributed by atoms with E-state index in [-0.39, 0.29) is 35.9 Å². The molecule has 178 valence electrons. The minimum Gasteiger partial charge on any atom is -0.507 e. The lowest BCUT2D eigenvalue weighted by Crippen LogP contribution is -2.30. The van der Waals surface area contributed by atoms with Crippen LogP contribution in [0.3, 0.4) is 0 Å². The molecular weight excluding hydrogens is 435 g/mol. The van der Waals surface area contributed by atoms with E-state index in [4.69, 9.17) is 0 Å². The molecule has 1 heterocycles. The van der Waals surface area contributed by atoms with Crippen molar-refractivity contribution < 1.29 is 19.1 Å². The van der Waals surface area contributed by atoms with Crippen LogP contribution >= 0.6 is 0 Å². The highest BCUT2D eigenvalue weighted by atomic mass is 19.1. The Hall–Kier alpha value is -3.68. The first-order valence-electron chi connectivity index (χ1n) is 11.7. The van der Waals surface area contributed by atoms with Crippen LogP contribution in [0, 0.1) is 11.7 Å². The van der Waals surface area contributed by atoms with Gasteiger partial charge < -0.3 is 15.7 Å². The molecule has 1 saturated carbocycles. The van der Waals surface area contributed by atoms with E-state index < -0.39 is 6.03 Å². The number of rotatable bonds is 8. The van der Waals surface area contributed by atoms with Crippen molar-refractivity contribution in [1.29, 1.82) is 0 Å². The van der Waals surface area contributed by atoms with Gasteiger partial charge in [0, 0.05) is 35.2 Å². The van der Waals surface area contributed by atoms with E-state index in [2.05, 4.69) is 15.7 Å². The molecular formula is C26H29FN4O3. The highest BCUT2D eigenvalue weighted by molar-refractivity contribution is 5.93. The summed E-state index contributed by atoms with van der Waals surface area (Å²) in [5.74, 6) is -0.336. The first-order chi connectivity index (χ1) is 16.4. The lowest BCUT2D eigenvalue weighted by Gasteiger charge is -2.13. The highest BCUT2D eigenvalue weighted by Gasteiger charge is 2.31. The summed E-state index contributed by atoms with van der Waals surface area (Å²) < 4.78 is 15.2. The maximum Gasteiger partial charge on any atom is 0.342 e. The van der Waals surface area contributed by atoms with Crippen LogP contribution in [0.15, 0.2) is 48.5 Å². The summed E-state index contributed by atoms with van der Waals surface area (Å²) in [7, 11) is 0.